The molecule has 132 valence electrons. The maximum absolute atomic E-state index is 13.7. The fraction of sp³-hybridized carbons (Fsp3) is 0.238. The lowest BCUT2D eigenvalue weighted by Crippen LogP contribution is -2.45. The second kappa shape index (κ2) is 6.27. The fourth-order valence-corrected chi connectivity index (χ4v) is 4.04. The van der Waals surface area contributed by atoms with E-state index in [0.717, 1.165) is 48.2 Å². The largest absolute Gasteiger partial charge is 0.464 e. The van der Waals surface area contributed by atoms with Crippen LogP contribution in [0.4, 0.5) is 4.39 Å². The summed E-state index contributed by atoms with van der Waals surface area (Å²) < 4.78 is 19.3. The van der Waals surface area contributed by atoms with E-state index in [4.69, 9.17) is 4.42 Å². The second-order valence-corrected chi connectivity index (χ2v) is 6.88. The monoisotopic (exact) mass is 349 g/mol. The van der Waals surface area contributed by atoms with Crippen molar-refractivity contribution >= 4 is 21.9 Å². The molecule has 5 heteroatoms. The molecule has 0 amide bonds. The third-order valence-electron chi connectivity index (χ3n) is 5.33. The molecule has 2 aromatic carbocycles. The number of benzene rings is 2. The molecule has 4 nitrogen and oxygen atoms in total. The highest BCUT2D eigenvalue weighted by atomic mass is 19.1. The number of hydrogen-bond acceptors (Lipinski definition) is 3. The Bertz CT molecular complexity index is 1070. The van der Waals surface area contributed by atoms with Crippen molar-refractivity contribution in [1.82, 2.24) is 15.2 Å². The summed E-state index contributed by atoms with van der Waals surface area (Å²) in [6.07, 6.45) is 3.75. The van der Waals surface area contributed by atoms with E-state index in [0.29, 0.717) is 0 Å². The lowest BCUT2D eigenvalue weighted by molar-refractivity contribution is 0.155. The normalized spacial score (nSPS) is 18.7. The van der Waals surface area contributed by atoms with Crippen molar-refractivity contribution in [1.29, 1.82) is 0 Å². The minimum atomic E-state index is -0.228. The van der Waals surface area contributed by atoms with E-state index in [2.05, 4.69) is 39.5 Å². The molecule has 1 saturated heterocycles. The van der Waals surface area contributed by atoms with E-state index in [-0.39, 0.29) is 11.9 Å². The maximum Gasteiger partial charge on any atom is 0.134 e. The average Bonchev–Trinajstić information content (AvgIpc) is 3.29. The van der Waals surface area contributed by atoms with Crippen molar-refractivity contribution in [2.75, 3.05) is 19.6 Å². The highest BCUT2D eigenvalue weighted by Gasteiger charge is 2.26. The molecular formula is C21H20FN3O. The number of aromatic amines is 1. The van der Waals surface area contributed by atoms with E-state index < -0.39 is 0 Å². The number of H-pyrrole nitrogens is 1. The van der Waals surface area contributed by atoms with Crippen LogP contribution in [0.2, 0.25) is 0 Å². The first-order chi connectivity index (χ1) is 12.8. The number of rotatable bonds is 3. The van der Waals surface area contributed by atoms with Gasteiger partial charge in [-0.05, 0) is 35.9 Å². The molecule has 1 aliphatic rings. The van der Waals surface area contributed by atoms with Gasteiger partial charge in [0.2, 0.25) is 0 Å². The van der Waals surface area contributed by atoms with E-state index >= 15 is 0 Å². The molecule has 26 heavy (non-hydrogen) atoms. The Morgan fingerprint density at radius 3 is 3.08 bits per heavy atom. The highest BCUT2D eigenvalue weighted by Crippen LogP contribution is 2.31. The highest BCUT2D eigenvalue weighted by molar-refractivity contribution is 5.83. The van der Waals surface area contributed by atoms with Gasteiger partial charge >= 0.3 is 0 Å². The van der Waals surface area contributed by atoms with E-state index in [1.54, 1.807) is 18.4 Å². The number of aromatic nitrogens is 1. The van der Waals surface area contributed by atoms with Gasteiger partial charge in [-0.2, -0.15) is 0 Å². The van der Waals surface area contributed by atoms with Crippen molar-refractivity contribution in [2.45, 2.75) is 12.6 Å². The lowest BCUT2D eigenvalue weighted by atomic mass is 9.98. The van der Waals surface area contributed by atoms with Crippen LogP contribution in [-0.4, -0.2) is 29.5 Å². The summed E-state index contributed by atoms with van der Waals surface area (Å²) in [5, 5.41) is 5.63. The summed E-state index contributed by atoms with van der Waals surface area (Å²) in [5.41, 5.74) is 4.24. The molecular weight excluding hydrogens is 329 g/mol. The standard InChI is InChI=1S/C21H20FN3O/c22-15-4-5-21-18(10-15)14(13-26-21)12-25-9-8-23-11-20(25)17-2-1-3-19-16(17)6-7-24-19/h1-7,10,13,20,23-24H,8-9,11-12H2. The first-order valence-electron chi connectivity index (χ1n) is 8.96. The zero-order valence-electron chi connectivity index (χ0n) is 14.3. The molecule has 0 spiro atoms. The van der Waals surface area contributed by atoms with Gasteiger partial charge in [-0.15, -0.1) is 0 Å². The van der Waals surface area contributed by atoms with Crippen molar-refractivity contribution in [2.24, 2.45) is 0 Å². The summed E-state index contributed by atoms with van der Waals surface area (Å²) in [6.45, 7) is 3.52. The van der Waals surface area contributed by atoms with Gasteiger partial charge in [-0.25, -0.2) is 4.39 Å². The van der Waals surface area contributed by atoms with Crippen LogP contribution in [0, 0.1) is 5.82 Å². The van der Waals surface area contributed by atoms with Gasteiger partial charge in [0.25, 0.3) is 0 Å². The Kier molecular flexibility index (Phi) is 3.76. The molecule has 4 aromatic rings. The Balaban J connectivity index is 1.52. The molecule has 5 rings (SSSR count). The van der Waals surface area contributed by atoms with Crippen LogP contribution in [0.5, 0.6) is 0 Å². The molecule has 2 N–H and O–H groups in total. The van der Waals surface area contributed by atoms with Crippen LogP contribution in [-0.2, 0) is 6.54 Å². The second-order valence-electron chi connectivity index (χ2n) is 6.88. The summed E-state index contributed by atoms with van der Waals surface area (Å²) in [5.74, 6) is -0.228. The van der Waals surface area contributed by atoms with Gasteiger partial charge < -0.3 is 14.7 Å². The third kappa shape index (κ3) is 2.60. The molecule has 0 bridgehead atoms. The molecule has 0 radical (unpaired) electrons. The van der Waals surface area contributed by atoms with Gasteiger partial charge in [0.05, 0.1) is 6.26 Å². The minimum Gasteiger partial charge on any atom is -0.464 e. The SMILES string of the molecule is Fc1ccc2occ(CN3CCNCC3c3cccc4[nH]ccc34)c2c1. The summed E-state index contributed by atoms with van der Waals surface area (Å²) >= 11 is 0. The van der Waals surface area contributed by atoms with Crippen molar-refractivity contribution in [3.63, 3.8) is 0 Å². The van der Waals surface area contributed by atoms with Gasteiger partial charge in [-0.1, -0.05) is 12.1 Å². The topological polar surface area (TPSA) is 44.2 Å². The quantitative estimate of drug-likeness (QED) is 0.583. The molecule has 1 fully saturated rings. The maximum atomic E-state index is 13.7. The molecule has 1 unspecified atom stereocenters. The van der Waals surface area contributed by atoms with Crippen LogP contribution < -0.4 is 5.32 Å². The van der Waals surface area contributed by atoms with E-state index in [9.17, 15) is 4.39 Å². The van der Waals surface area contributed by atoms with Crippen molar-refractivity contribution < 1.29 is 8.81 Å². The Morgan fingerprint density at radius 1 is 1.15 bits per heavy atom. The lowest BCUT2D eigenvalue weighted by Gasteiger charge is -2.36. The third-order valence-corrected chi connectivity index (χ3v) is 5.33. The molecule has 1 aliphatic heterocycles. The number of halogens is 1. The van der Waals surface area contributed by atoms with Crippen LogP contribution in [0.25, 0.3) is 21.9 Å². The first-order valence-corrected chi connectivity index (χ1v) is 8.96. The fourth-order valence-electron chi connectivity index (χ4n) is 4.04. The van der Waals surface area contributed by atoms with Crippen LogP contribution >= 0.6 is 0 Å². The van der Waals surface area contributed by atoms with Gasteiger partial charge in [0.15, 0.2) is 0 Å². The predicted octanol–water partition coefficient (Wildman–Crippen LogP) is 4.20. The van der Waals surface area contributed by atoms with Gasteiger partial charge in [0, 0.05) is 60.3 Å². The van der Waals surface area contributed by atoms with Crippen molar-refractivity contribution in [3.05, 3.63) is 71.9 Å². The zero-order chi connectivity index (χ0) is 17.5. The molecule has 0 saturated carbocycles. The first kappa shape index (κ1) is 15.6. The van der Waals surface area contributed by atoms with Gasteiger partial charge in [-0.3, -0.25) is 4.90 Å². The number of fused-ring (bicyclic) bond motifs is 2. The number of nitrogens with one attached hydrogen (secondary N) is 2. The van der Waals surface area contributed by atoms with Crippen LogP contribution in [0.1, 0.15) is 17.2 Å². The minimum absolute atomic E-state index is 0.228. The molecule has 0 aliphatic carbocycles. The number of hydrogen-bond donors (Lipinski definition) is 2. The number of furan rings is 1. The number of nitrogens with zero attached hydrogens (tertiary/aromatic N) is 1. The summed E-state index contributed by atoms with van der Waals surface area (Å²) in [4.78, 5) is 5.75. The Morgan fingerprint density at radius 2 is 2.12 bits per heavy atom. The predicted molar refractivity (Wildman–Crippen MR) is 100 cm³/mol. The molecule has 3 heterocycles. The molecule has 1 atom stereocenters. The van der Waals surface area contributed by atoms with Gasteiger partial charge in [0.1, 0.15) is 11.4 Å². The van der Waals surface area contributed by atoms with E-state index in [1.165, 1.54) is 17.0 Å². The number of piperazine rings is 1. The smallest absolute Gasteiger partial charge is 0.134 e. The Labute approximate surface area is 150 Å². The summed E-state index contributed by atoms with van der Waals surface area (Å²) in [6, 6.07) is 13.5. The van der Waals surface area contributed by atoms with Crippen LogP contribution in [0.3, 0.4) is 0 Å². The van der Waals surface area contributed by atoms with Crippen molar-refractivity contribution in [3.8, 4) is 0 Å². The average molecular weight is 349 g/mol. The summed E-state index contributed by atoms with van der Waals surface area (Å²) in [7, 11) is 0. The molecule has 2 aromatic heterocycles. The van der Waals surface area contributed by atoms with Crippen LogP contribution in [0.15, 0.2) is 59.3 Å². The Hall–Kier alpha value is -2.63. The zero-order valence-corrected chi connectivity index (χ0v) is 14.3. The van der Waals surface area contributed by atoms with E-state index in [1.807, 2.05) is 6.20 Å².